The zero-order chi connectivity index (χ0) is 13.8. The average Bonchev–Trinajstić information content (AvgIpc) is 2.39. The number of phenolic OH excluding ortho intramolecular Hbond substituents is 1. The lowest BCUT2D eigenvalue weighted by molar-refractivity contribution is 0.457. The maximum atomic E-state index is 13.1. The van der Waals surface area contributed by atoms with Crippen molar-refractivity contribution < 1.29 is 9.50 Å². The Kier molecular flexibility index (Phi) is 4.17. The molecule has 0 aliphatic carbocycles. The van der Waals surface area contributed by atoms with E-state index in [9.17, 15) is 9.50 Å². The van der Waals surface area contributed by atoms with Crippen LogP contribution in [0.1, 0.15) is 29.7 Å². The zero-order valence-electron chi connectivity index (χ0n) is 11.2. The predicted molar refractivity (Wildman–Crippen MR) is 74.5 cm³/mol. The molecule has 0 aliphatic heterocycles. The highest BCUT2D eigenvalue weighted by molar-refractivity contribution is 5.32. The molecule has 0 bridgehead atoms. The summed E-state index contributed by atoms with van der Waals surface area (Å²) in [5.41, 5.74) is 2.95. The topological polar surface area (TPSA) is 32.3 Å². The molecule has 0 saturated heterocycles. The standard InChI is InChI=1S/C16H18FNO/c1-11-4-3-5-13(8-11)12(2)18-10-14-9-15(17)6-7-16(14)19/h3-9,12,18-19H,10H2,1-2H3/t12-/m1/s1. The van der Waals surface area contributed by atoms with E-state index in [0.29, 0.717) is 12.1 Å². The molecule has 2 aromatic rings. The van der Waals surface area contributed by atoms with Gasteiger partial charge in [0.05, 0.1) is 0 Å². The van der Waals surface area contributed by atoms with Crippen molar-refractivity contribution in [3.05, 3.63) is 65.0 Å². The molecule has 0 radical (unpaired) electrons. The highest BCUT2D eigenvalue weighted by Crippen LogP contribution is 2.20. The SMILES string of the molecule is Cc1cccc([C@@H](C)NCc2cc(F)ccc2O)c1. The van der Waals surface area contributed by atoms with Crippen molar-refractivity contribution in [1.82, 2.24) is 5.32 Å². The molecule has 100 valence electrons. The number of aryl methyl sites for hydroxylation is 1. The highest BCUT2D eigenvalue weighted by Gasteiger charge is 2.07. The Bertz CT molecular complexity index is 568. The van der Waals surface area contributed by atoms with Gasteiger partial charge in [-0.1, -0.05) is 29.8 Å². The van der Waals surface area contributed by atoms with E-state index >= 15 is 0 Å². The fraction of sp³-hybridized carbons (Fsp3) is 0.250. The normalized spacial score (nSPS) is 12.4. The molecule has 2 nitrogen and oxygen atoms in total. The highest BCUT2D eigenvalue weighted by atomic mass is 19.1. The molecule has 0 heterocycles. The first kappa shape index (κ1) is 13.6. The quantitative estimate of drug-likeness (QED) is 0.877. The van der Waals surface area contributed by atoms with Gasteiger partial charge in [-0.2, -0.15) is 0 Å². The molecule has 2 aromatic carbocycles. The first-order valence-electron chi connectivity index (χ1n) is 6.33. The lowest BCUT2D eigenvalue weighted by Crippen LogP contribution is -2.18. The second-order valence-corrected chi connectivity index (χ2v) is 4.79. The molecule has 2 rings (SSSR count). The molecule has 3 heteroatoms. The molecule has 0 saturated carbocycles. The van der Waals surface area contributed by atoms with Crippen molar-refractivity contribution in [2.45, 2.75) is 26.4 Å². The number of aromatic hydroxyl groups is 1. The van der Waals surface area contributed by atoms with Gasteiger partial charge in [-0.25, -0.2) is 4.39 Å². The third-order valence-corrected chi connectivity index (χ3v) is 3.18. The van der Waals surface area contributed by atoms with E-state index in [1.165, 1.54) is 29.3 Å². The second kappa shape index (κ2) is 5.85. The Morgan fingerprint density at radius 1 is 1.21 bits per heavy atom. The van der Waals surface area contributed by atoms with Crippen LogP contribution in [0.5, 0.6) is 5.75 Å². The summed E-state index contributed by atoms with van der Waals surface area (Å²) in [6.45, 7) is 4.53. The summed E-state index contributed by atoms with van der Waals surface area (Å²) >= 11 is 0. The maximum absolute atomic E-state index is 13.1. The van der Waals surface area contributed by atoms with Gasteiger partial charge in [0.25, 0.3) is 0 Å². The van der Waals surface area contributed by atoms with Crippen LogP contribution in [-0.2, 0) is 6.54 Å². The summed E-state index contributed by atoms with van der Waals surface area (Å²) in [6.07, 6.45) is 0. The Labute approximate surface area is 112 Å². The summed E-state index contributed by atoms with van der Waals surface area (Å²) < 4.78 is 13.1. The van der Waals surface area contributed by atoms with Crippen molar-refractivity contribution in [3.8, 4) is 5.75 Å². The van der Waals surface area contributed by atoms with Crippen LogP contribution in [0.2, 0.25) is 0 Å². The number of hydrogen-bond donors (Lipinski definition) is 2. The lowest BCUT2D eigenvalue weighted by atomic mass is 10.1. The largest absolute Gasteiger partial charge is 0.508 e. The molecule has 0 spiro atoms. The van der Waals surface area contributed by atoms with Crippen molar-refractivity contribution in [2.75, 3.05) is 0 Å². The molecule has 0 aromatic heterocycles. The summed E-state index contributed by atoms with van der Waals surface area (Å²) in [6, 6.07) is 12.4. The van der Waals surface area contributed by atoms with Crippen LogP contribution < -0.4 is 5.32 Å². The zero-order valence-corrected chi connectivity index (χ0v) is 11.2. The number of rotatable bonds is 4. The van der Waals surface area contributed by atoms with Crippen LogP contribution in [-0.4, -0.2) is 5.11 Å². The third kappa shape index (κ3) is 3.55. The molecular weight excluding hydrogens is 241 g/mol. The van der Waals surface area contributed by atoms with E-state index in [1.54, 1.807) is 0 Å². The fourth-order valence-electron chi connectivity index (χ4n) is 2.02. The van der Waals surface area contributed by atoms with Gasteiger partial charge in [-0.3, -0.25) is 0 Å². The molecule has 0 unspecified atom stereocenters. The Morgan fingerprint density at radius 3 is 2.74 bits per heavy atom. The maximum Gasteiger partial charge on any atom is 0.123 e. The predicted octanol–water partition coefficient (Wildman–Crippen LogP) is 3.69. The van der Waals surface area contributed by atoms with Gasteiger partial charge in [-0.15, -0.1) is 0 Å². The van der Waals surface area contributed by atoms with Gasteiger partial charge in [-0.05, 0) is 37.6 Å². The Balaban J connectivity index is 2.04. The van der Waals surface area contributed by atoms with E-state index in [1.807, 2.05) is 13.0 Å². The van der Waals surface area contributed by atoms with E-state index in [2.05, 4.69) is 30.4 Å². The number of halogens is 1. The summed E-state index contributed by atoms with van der Waals surface area (Å²) in [7, 11) is 0. The molecule has 0 amide bonds. The number of nitrogens with one attached hydrogen (secondary N) is 1. The van der Waals surface area contributed by atoms with Crippen LogP contribution in [0.25, 0.3) is 0 Å². The van der Waals surface area contributed by atoms with Crippen LogP contribution in [0, 0.1) is 12.7 Å². The van der Waals surface area contributed by atoms with Gasteiger partial charge < -0.3 is 10.4 Å². The van der Waals surface area contributed by atoms with Crippen LogP contribution in [0.15, 0.2) is 42.5 Å². The summed E-state index contributed by atoms with van der Waals surface area (Å²) in [4.78, 5) is 0. The van der Waals surface area contributed by atoms with Gasteiger partial charge in [0, 0.05) is 18.2 Å². The van der Waals surface area contributed by atoms with E-state index in [0.717, 1.165) is 0 Å². The number of benzene rings is 2. The van der Waals surface area contributed by atoms with Crippen molar-refractivity contribution in [3.63, 3.8) is 0 Å². The summed E-state index contributed by atoms with van der Waals surface area (Å²) in [5, 5.41) is 12.9. The third-order valence-electron chi connectivity index (χ3n) is 3.18. The van der Waals surface area contributed by atoms with Gasteiger partial charge in [0.15, 0.2) is 0 Å². The van der Waals surface area contributed by atoms with Crippen LogP contribution >= 0.6 is 0 Å². The number of hydrogen-bond acceptors (Lipinski definition) is 2. The average molecular weight is 259 g/mol. The van der Waals surface area contributed by atoms with E-state index in [4.69, 9.17) is 0 Å². The monoisotopic (exact) mass is 259 g/mol. The smallest absolute Gasteiger partial charge is 0.123 e. The molecular formula is C16H18FNO. The summed E-state index contributed by atoms with van der Waals surface area (Å²) in [5.74, 6) is -0.219. The fourth-order valence-corrected chi connectivity index (χ4v) is 2.02. The van der Waals surface area contributed by atoms with Crippen LogP contribution in [0.3, 0.4) is 0 Å². The first-order chi connectivity index (χ1) is 9.06. The van der Waals surface area contributed by atoms with Crippen molar-refractivity contribution in [2.24, 2.45) is 0 Å². The second-order valence-electron chi connectivity index (χ2n) is 4.79. The Hall–Kier alpha value is -1.87. The van der Waals surface area contributed by atoms with Gasteiger partial charge in [0.1, 0.15) is 11.6 Å². The first-order valence-corrected chi connectivity index (χ1v) is 6.33. The Morgan fingerprint density at radius 2 is 2.00 bits per heavy atom. The van der Waals surface area contributed by atoms with E-state index in [-0.39, 0.29) is 17.6 Å². The minimum absolute atomic E-state index is 0.116. The molecule has 19 heavy (non-hydrogen) atoms. The molecule has 2 N–H and O–H groups in total. The number of phenols is 1. The van der Waals surface area contributed by atoms with Crippen molar-refractivity contribution in [1.29, 1.82) is 0 Å². The van der Waals surface area contributed by atoms with Gasteiger partial charge in [0.2, 0.25) is 0 Å². The van der Waals surface area contributed by atoms with Crippen LogP contribution in [0.4, 0.5) is 4.39 Å². The molecule has 1 atom stereocenters. The molecule has 0 fully saturated rings. The lowest BCUT2D eigenvalue weighted by Gasteiger charge is -2.15. The minimum Gasteiger partial charge on any atom is -0.508 e. The minimum atomic E-state index is -0.335. The van der Waals surface area contributed by atoms with Gasteiger partial charge >= 0.3 is 0 Å². The van der Waals surface area contributed by atoms with Crippen molar-refractivity contribution >= 4 is 0 Å². The molecule has 0 aliphatic rings. The van der Waals surface area contributed by atoms with E-state index < -0.39 is 0 Å².